The lowest BCUT2D eigenvalue weighted by Crippen LogP contribution is -2.34. The second-order valence-corrected chi connectivity index (χ2v) is 5.20. The Morgan fingerprint density at radius 1 is 1.42 bits per heavy atom. The first-order chi connectivity index (χ1) is 8.78. The molecule has 6 heteroatoms. The molecule has 0 fully saturated rings. The number of amides is 1. The van der Waals surface area contributed by atoms with Gasteiger partial charge >= 0.3 is 12.1 Å². The molecular weight excluding hydrogens is 248 g/mol. The fourth-order valence-corrected chi connectivity index (χ4v) is 1.73. The number of nitrogens with zero attached hydrogens (tertiary/aromatic N) is 2. The summed E-state index contributed by atoms with van der Waals surface area (Å²) in [5, 5.41) is 9.13. The van der Waals surface area contributed by atoms with E-state index in [0.717, 1.165) is 0 Å². The largest absolute Gasteiger partial charge is 0.469 e. The normalized spacial score (nSPS) is 15.2. The van der Waals surface area contributed by atoms with Crippen molar-refractivity contribution in [3.8, 4) is 6.07 Å². The molecule has 0 saturated heterocycles. The molecule has 0 N–H and O–H groups in total. The molecular formula is C13H18N2O4. The molecule has 1 rings (SSSR count). The fourth-order valence-electron chi connectivity index (χ4n) is 1.73. The van der Waals surface area contributed by atoms with Gasteiger partial charge in [-0.2, -0.15) is 5.26 Å². The molecule has 6 nitrogen and oxygen atoms in total. The summed E-state index contributed by atoms with van der Waals surface area (Å²) >= 11 is 0. The zero-order chi connectivity index (χ0) is 14.6. The van der Waals surface area contributed by atoms with Crippen molar-refractivity contribution in [2.24, 2.45) is 0 Å². The highest BCUT2D eigenvalue weighted by molar-refractivity contribution is 5.76. The van der Waals surface area contributed by atoms with Gasteiger partial charge in [-0.05, 0) is 32.8 Å². The van der Waals surface area contributed by atoms with Gasteiger partial charge in [0.25, 0.3) is 0 Å². The summed E-state index contributed by atoms with van der Waals surface area (Å²) in [6.45, 7) is 5.62. The van der Waals surface area contributed by atoms with Gasteiger partial charge in [0.2, 0.25) is 0 Å². The molecule has 0 bridgehead atoms. The predicted molar refractivity (Wildman–Crippen MR) is 66.8 cm³/mol. The summed E-state index contributed by atoms with van der Waals surface area (Å²) in [5.74, 6) is -0.422. The first kappa shape index (κ1) is 15.0. The fraction of sp³-hybridized carbons (Fsp3) is 0.615. The number of ether oxygens (including phenoxy) is 2. The van der Waals surface area contributed by atoms with E-state index in [-0.39, 0.29) is 12.1 Å². The highest BCUT2D eigenvalue weighted by Gasteiger charge is 2.31. The van der Waals surface area contributed by atoms with E-state index in [1.807, 2.05) is 6.07 Å². The number of esters is 1. The van der Waals surface area contributed by atoms with Crippen molar-refractivity contribution in [1.29, 1.82) is 5.26 Å². The van der Waals surface area contributed by atoms with Crippen LogP contribution in [0.1, 0.15) is 33.6 Å². The average molecular weight is 266 g/mol. The van der Waals surface area contributed by atoms with Crippen LogP contribution in [0.15, 0.2) is 11.3 Å². The van der Waals surface area contributed by atoms with E-state index in [4.69, 9.17) is 10.00 Å². The molecule has 1 amide bonds. The maximum atomic E-state index is 11.9. The smallest absolute Gasteiger partial charge is 0.415 e. The summed E-state index contributed by atoms with van der Waals surface area (Å²) in [4.78, 5) is 24.4. The number of nitriles is 1. The van der Waals surface area contributed by atoms with E-state index in [9.17, 15) is 9.59 Å². The average Bonchev–Trinajstić information content (AvgIpc) is 2.69. The van der Waals surface area contributed by atoms with Crippen LogP contribution in [0.5, 0.6) is 0 Å². The van der Waals surface area contributed by atoms with Crippen LogP contribution in [-0.2, 0) is 14.3 Å². The second-order valence-electron chi connectivity index (χ2n) is 5.20. The SMILES string of the molecule is COC(=O)CC1=C(C#N)N(C(=O)OC(C)(C)C)CC1. The molecule has 0 saturated carbocycles. The van der Waals surface area contributed by atoms with Crippen LogP contribution >= 0.6 is 0 Å². The van der Waals surface area contributed by atoms with Gasteiger partial charge in [-0.15, -0.1) is 0 Å². The molecule has 19 heavy (non-hydrogen) atoms. The quantitative estimate of drug-likeness (QED) is 0.714. The highest BCUT2D eigenvalue weighted by Crippen LogP contribution is 2.27. The standard InChI is InChI=1S/C13H18N2O4/c1-13(2,3)19-12(17)15-6-5-9(10(15)8-14)7-11(16)18-4/h5-7H2,1-4H3. The second kappa shape index (κ2) is 5.74. The van der Waals surface area contributed by atoms with Crippen LogP contribution < -0.4 is 0 Å². The van der Waals surface area contributed by atoms with Crippen molar-refractivity contribution >= 4 is 12.1 Å². The number of methoxy groups -OCH3 is 1. The van der Waals surface area contributed by atoms with E-state index in [2.05, 4.69) is 4.74 Å². The summed E-state index contributed by atoms with van der Waals surface area (Å²) in [5.41, 5.74) is 0.183. The first-order valence-corrected chi connectivity index (χ1v) is 5.98. The van der Waals surface area contributed by atoms with Crippen molar-refractivity contribution in [1.82, 2.24) is 4.90 Å². The number of hydrogen-bond acceptors (Lipinski definition) is 5. The molecule has 0 aromatic carbocycles. The van der Waals surface area contributed by atoms with Crippen LogP contribution in [0.25, 0.3) is 0 Å². The van der Waals surface area contributed by atoms with Crippen LogP contribution in [0.3, 0.4) is 0 Å². The number of rotatable bonds is 2. The van der Waals surface area contributed by atoms with Crippen molar-refractivity contribution in [2.45, 2.75) is 39.2 Å². The monoisotopic (exact) mass is 266 g/mol. The lowest BCUT2D eigenvalue weighted by molar-refractivity contribution is -0.139. The van der Waals surface area contributed by atoms with E-state index in [1.165, 1.54) is 12.0 Å². The Balaban J connectivity index is 2.85. The van der Waals surface area contributed by atoms with Gasteiger partial charge in [-0.25, -0.2) is 4.79 Å². The molecule has 0 aromatic heterocycles. The summed E-state index contributed by atoms with van der Waals surface area (Å²) < 4.78 is 9.78. The minimum atomic E-state index is -0.622. The van der Waals surface area contributed by atoms with Crippen LogP contribution in [-0.4, -0.2) is 36.2 Å². The maximum absolute atomic E-state index is 11.9. The van der Waals surface area contributed by atoms with E-state index >= 15 is 0 Å². The number of hydrogen-bond donors (Lipinski definition) is 0. The Labute approximate surface area is 112 Å². The summed E-state index contributed by atoms with van der Waals surface area (Å²) in [6, 6.07) is 1.96. The summed E-state index contributed by atoms with van der Waals surface area (Å²) in [7, 11) is 1.29. The van der Waals surface area contributed by atoms with Gasteiger partial charge in [-0.3, -0.25) is 9.69 Å². The molecule has 0 aliphatic carbocycles. The first-order valence-electron chi connectivity index (χ1n) is 5.98. The topological polar surface area (TPSA) is 79.6 Å². The lowest BCUT2D eigenvalue weighted by atomic mass is 10.1. The zero-order valence-electron chi connectivity index (χ0n) is 11.6. The molecule has 0 atom stereocenters. The third-order valence-corrected chi connectivity index (χ3v) is 2.55. The van der Waals surface area contributed by atoms with Crippen molar-refractivity contribution in [2.75, 3.05) is 13.7 Å². The van der Waals surface area contributed by atoms with Gasteiger partial charge in [0.1, 0.15) is 17.4 Å². The number of allylic oxidation sites excluding steroid dienone is 1. The van der Waals surface area contributed by atoms with Gasteiger partial charge < -0.3 is 9.47 Å². The Morgan fingerprint density at radius 2 is 2.05 bits per heavy atom. The van der Waals surface area contributed by atoms with Gasteiger partial charge in [0, 0.05) is 6.54 Å². The Bertz CT molecular complexity index is 454. The van der Waals surface area contributed by atoms with Gasteiger partial charge in [-0.1, -0.05) is 0 Å². The molecule has 0 radical (unpaired) electrons. The van der Waals surface area contributed by atoms with Crippen molar-refractivity contribution < 1.29 is 19.1 Å². The van der Waals surface area contributed by atoms with Crippen LogP contribution in [0.2, 0.25) is 0 Å². The molecule has 1 aliphatic heterocycles. The molecule has 0 unspecified atom stereocenters. The predicted octanol–water partition coefficient (Wildman–Crippen LogP) is 1.97. The Hall–Kier alpha value is -2.03. The Morgan fingerprint density at radius 3 is 2.53 bits per heavy atom. The third kappa shape index (κ3) is 3.98. The number of carbonyl (C=O) groups excluding carboxylic acids is 2. The van der Waals surface area contributed by atoms with E-state index in [1.54, 1.807) is 20.8 Å². The van der Waals surface area contributed by atoms with E-state index < -0.39 is 17.7 Å². The van der Waals surface area contributed by atoms with Crippen molar-refractivity contribution in [3.63, 3.8) is 0 Å². The zero-order valence-corrected chi connectivity index (χ0v) is 11.6. The summed E-state index contributed by atoms with van der Waals surface area (Å²) in [6.07, 6.45) is -0.0560. The maximum Gasteiger partial charge on any atom is 0.415 e. The molecule has 0 aromatic rings. The van der Waals surface area contributed by atoms with E-state index in [0.29, 0.717) is 18.5 Å². The third-order valence-electron chi connectivity index (χ3n) is 2.55. The van der Waals surface area contributed by atoms with Gasteiger partial charge in [0.05, 0.1) is 13.5 Å². The lowest BCUT2D eigenvalue weighted by Gasteiger charge is -2.24. The van der Waals surface area contributed by atoms with Crippen molar-refractivity contribution in [3.05, 3.63) is 11.3 Å². The Kier molecular flexibility index (Phi) is 4.54. The number of carbonyl (C=O) groups is 2. The van der Waals surface area contributed by atoms with Gasteiger partial charge in [0.15, 0.2) is 0 Å². The molecule has 0 spiro atoms. The minimum Gasteiger partial charge on any atom is -0.469 e. The molecule has 1 heterocycles. The molecule has 1 aliphatic rings. The molecule has 104 valence electrons. The highest BCUT2D eigenvalue weighted by atomic mass is 16.6. The van der Waals surface area contributed by atoms with Crippen LogP contribution in [0, 0.1) is 11.3 Å². The minimum absolute atomic E-state index is 0.0265. The van der Waals surface area contributed by atoms with Crippen LogP contribution in [0.4, 0.5) is 4.79 Å².